The van der Waals surface area contributed by atoms with Gasteiger partial charge in [0.2, 0.25) is 15.9 Å². The van der Waals surface area contributed by atoms with Crippen LogP contribution in [0.2, 0.25) is 0 Å². The summed E-state index contributed by atoms with van der Waals surface area (Å²) in [5, 5.41) is 9.88. The predicted octanol–water partition coefficient (Wildman–Crippen LogP) is 1.98. The summed E-state index contributed by atoms with van der Waals surface area (Å²) >= 11 is 0. The molecule has 2 saturated heterocycles. The Labute approximate surface area is 171 Å². The van der Waals surface area contributed by atoms with Gasteiger partial charge in [-0.1, -0.05) is 54.1 Å². The topological polar surface area (TPSA) is 77.9 Å². The van der Waals surface area contributed by atoms with Gasteiger partial charge in [-0.25, -0.2) is 8.42 Å². The van der Waals surface area contributed by atoms with Crippen LogP contribution in [0.4, 0.5) is 0 Å². The quantitative estimate of drug-likeness (QED) is 0.812. The van der Waals surface area contributed by atoms with Crippen LogP contribution >= 0.6 is 0 Å². The van der Waals surface area contributed by atoms with Crippen LogP contribution in [0.25, 0.3) is 11.1 Å². The number of amides is 1. The van der Waals surface area contributed by atoms with Crippen molar-refractivity contribution in [1.82, 2.24) is 9.21 Å². The summed E-state index contributed by atoms with van der Waals surface area (Å²) in [6.07, 6.45) is 0. The van der Waals surface area contributed by atoms with E-state index in [1.54, 1.807) is 11.8 Å². The van der Waals surface area contributed by atoms with E-state index in [-0.39, 0.29) is 49.4 Å². The number of sulfonamides is 1. The molecular weight excluding hydrogens is 388 g/mol. The highest BCUT2D eigenvalue weighted by Crippen LogP contribution is 2.43. The Morgan fingerprint density at radius 3 is 2.17 bits per heavy atom. The standard InChI is InChI=1S/C22H26N2O4S/c1-3-29(27,28)23-12-19-22(20(14-25)24(19)21(26)13-23)18-10-8-17(9-11-18)16-6-4-15(2)5-7-16/h4-11,19-20,22,25H,3,12-14H2,1-2H3/t19-,20-,22+/m1/s1. The molecule has 154 valence electrons. The third kappa shape index (κ3) is 3.47. The van der Waals surface area contributed by atoms with Gasteiger partial charge in [0.25, 0.3) is 0 Å². The lowest BCUT2D eigenvalue weighted by Crippen LogP contribution is -2.73. The highest BCUT2D eigenvalue weighted by Gasteiger charge is 2.55. The van der Waals surface area contributed by atoms with Crippen molar-refractivity contribution in [2.75, 3.05) is 25.4 Å². The third-order valence-corrected chi connectivity index (χ3v) is 7.95. The number of hydrogen-bond acceptors (Lipinski definition) is 4. The van der Waals surface area contributed by atoms with Crippen molar-refractivity contribution in [1.29, 1.82) is 0 Å². The van der Waals surface area contributed by atoms with Crippen molar-refractivity contribution in [2.45, 2.75) is 31.8 Å². The van der Waals surface area contributed by atoms with E-state index in [4.69, 9.17) is 0 Å². The lowest BCUT2D eigenvalue weighted by atomic mass is 9.74. The fourth-order valence-corrected chi connectivity index (χ4v) is 5.56. The Balaban J connectivity index is 1.60. The number of benzene rings is 2. The van der Waals surface area contributed by atoms with Gasteiger partial charge in [0.15, 0.2) is 0 Å². The summed E-state index contributed by atoms with van der Waals surface area (Å²) in [6.45, 7) is 3.65. The smallest absolute Gasteiger partial charge is 0.238 e. The molecule has 2 aromatic rings. The largest absolute Gasteiger partial charge is 0.394 e. The van der Waals surface area contributed by atoms with Crippen LogP contribution in [0.3, 0.4) is 0 Å². The molecule has 7 heteroatoms. The Bertz CT molecular complexity index is 1000. The average Bonchev–Trinajstić information content (AvgIpc) is 2.70. The fourth-order valence-electron chi connectivity index (χ4n) is 4.51. The molecule has 0 bridgehead atoms. The van der Waals surface area contributed by atoms with Crippen LogP contribution in [0.1, 0.15) is 24.0 Å². The molecule has 2 fully saturated rings. The van der Waals surface area contributed by atoms with Crippen molar-refractivity contribution < 1.29 is 18.3 Å². The van der Waals surface area contributed by atoms with Crippen molar-refractivity contribution >= 4 is 15.9 Å². The molecule has 0 unspecified atom stereocenters. The second kappa shape index (κ2) is 7.55. The van der Waals surface area contributed by atoms with Gasteiger partial charge in [-0.2, -0.15) is 4.31 Å². The molecule has 6 nitrogen and oxygen atoms in total. The molecule has 3 atom stereocenters. The number of aliphatic hydroxyl groups excluding tert-OH is 1. The van der Waals surface area contributed by atoms with Gasteiger partial charge in [-0.15, -0.1) is 0 Å². The first-order valence-corrected chi connectivity index (χ1v) is 11.5. The molecule has 0 radical (unpaired) electrons. The number of nitrogens with zero attached hydrogens (tertiary/aromatic N) is 2. The number of carbonyl (C=O) groups is 1. The number of carbonyl (C=O) groups excluding carboxylic acids is 1. The van der Waals surface area contributed by atoms with Crippen molar-refractivity contribution in [3.63, 3.8) is 0 Å². The normalized spacial score (nSPS) is 24.9. The Hall–Kier alpha value is -2.22. The first-order chi connectivity index (χ1) is 13.9. The summed E-state index contributed by atoms with van der Waals surface area (Å²) in [6, 6.07) is 15.9. The number of piperazine rings is 1. The molecule has 2 aliphatic rings. The minimum atomic E-state index is -3.43. The summed E-state index contributed by atoms with van der Waals surface area (Å²) in [4.78, 5) is 14.2. The Morgan fingerprint density at radius 2 is 1.62 bits per heavy atom. The lowest BCUT2D eigenvalue weighted by Gasteiger charge is -2.58. The molecule has 0 aromatic heterocycles. The van der Waals surface area contributed by atoms with E-state index >= 15 is 0 Å². The maximum atomic E-state index is 12.6. The minimum absolute atomic E-state index is 0.0215. The molecule has 1 N–H and O–H groups in total. The highest BCUT2D eigenvalue weighted by molar-refractivity contribution is 7.89. The van der Waals surface area contributed by atoms with Gasteiger partial charge in [0.1, 0.15) is 0 Å². The van der Waals surface area contributed by atoms with E-state index in [1.807, 2.05) is 24.3 Å². The van der Waals surface area contributed by atoms with Crippen molar-refractivity contribution in [3.8, 4) is 11.1 Å². The molecular formula is C22H26N2O4S. The molecule has 2 aliphatic heterocycles. The maximum Gasteiger partial charge on any atom is 0.238 e. The summed E-state index contributed by atoms with van der Waals surface area (Å²) in [5.74, 6) is -0.331. The van der Waals surface area contributed by atoms with Gasteiger partial charge in [0, 0.05) is 12.5 Å². The fraction of sp³-hybridized carbons (Fsp3) is 0.409. The van der Waals surface area contributed by atoms with E-state index in [0.29, 0.717) is 0 Å². The minimum Gasteiger partial charge on any atom is -0.394 e. The highest BCUT2D eigenvalue weighted by atomic mass is 32.2. The van der Waals surface area contributed by atoms with Crippen LogP contribution in [0.15, 0.2) is 48.5 Å². The van der Waals surface area contributed by atoms with Crippen LogP contribution < -0.4 is 0 Å². The van der Waals surface area contributed by atoms with Crippen LogP contribution in [0.5, 0.6) is 0 Å². The predicted molar refractivity (Wildman–Crippen MR) is 112 cm³/mol. The molecule has 4 rings (SSSR count). The Morgan fingerprint density at radius 1 is 1.03 bits per heavy atom. The summed E-state index contributed by atoms with van der Waals surface area (Å²) < 4.78 is 25.9. The molecule has 0 spiro atoms. The van der Waals surface area contributed by atoms with E-state index in [2.05, 4.69) is 31.2 Å². The zero-order valence-corrected chi connectivity index (χ0v) is 17.5. The van der Waals surface area contributed by atoms with E-state index in [1.165, 1.54) is 9.87 Å². The number of fused-ring (bicyclic) bond motifs is 1. The average molecular weight is 415 g/mol. The third-order valence-electron chi connectivity index (χ3n) is 6.16. The second-order valence-corrected chi connectivity index (χ2v) is 10.1. The first-order valence-electron chi connectivity index (χ1n) is 9.92. The lowest BCUT2D eigenvalue weighted by molar-refractivity contribution is -0.158. The second-order valence-electron chi connectivity index (χ2n) is 7.83. The van der Waals surface area contributed by atoms with Crippen LogP contribution in [-0.2, 0) is 14.8 Å². The molecule has 2 heterocycles. The monoisotopic (exact) mass is 414 g/mol. The van der Waals surface area contributed by atoms with Gasteiger partial charge < -0.3 is 10.0 Å². The van der Waals surface area contributed by atoms with Gasteiger partial charge in [-0.05, 0) is 30.5 Å². The number of rotatable bonds is 5. The summed E-state index contributed by atoms with van der Waals surface area (Å²) in [5.41, 5.74) is 4.45. The number of aliphatic hydroxyl groups is 1. The number of aryl methyl sites for hydroxylation is 1. The molecule has 29 heavy (non-hydrogen) atoms. The van der Waals surface area contributed by atoms with Crippen molar-refractivity contribution in [2.24, 2.45) is 0 Å². The van der Waals surface area contributed by atoms with Crippen molar-refractivity contribution in [3.05, 3.63) is 59.7 Å². The van der Waals surface area contributed by atoms with Gasteiger partial charge in [0.05, 0.1) is 31.0 Å². The van der Waals surface area contributed by atoms with Crippen LogP contribution in [-0.4, -0.2) is 66.2 Å². The SMILES string of the molecule is CCS(=O)(=O)N1CC(=O)N2[C@H](CO)[C@@H](c3ccc(-c4ccc(C)cc4)cc3)[C@H]2C1. The van der Waals surface area contributed by atoms with E-state index in [0.717, 1.165) is 16.7 Å². The van der Waals surface area contributed by atoms with E-state index < -0.39 is 10.0 Å². The zero-order chi connectivity index (χ0) is 20.8. The molecule has 0 saturated carbocycles. The van der Waals surface area contributed by atoms with Gasteiger partial charge >= 0.3 is 0 Å². The van der Waals surface area contributed by atoms with Crippen LogP contribution in [0, 0.1) is 6.92 Å². The Kier molecular flexibility index (Phi) is 5.23. The first kappa shape index (κ1) is 20.1. The summed E-state index contributed by atoms with van der Waals surface area (Å²) in [7, 11) is -3.43. The number of hydrogen-bond donors (Lipinski definition) is 1. The molecule has 0 aliphatic carbocycles. The molecule has 1 amide bonds. The van der Waals surface area contributed by atoms with Gasteiger partial charge in [-0.3, -0.25) is 4.79 Å². The maximum absolute atomic E-state index is 12.6. The molecule has 2 aromatic carbocycles. The zero-order valence-electron chi connectivity index (χ0n) is 16.7. The van der Waals surface area contributed by atoms with E-state index in [9.17, 15) is 18.3 Å².